The van der Waals surface area contributed by atoms with Crippen molar-refractivity contribution in [2.75, 3.05) is 11.9 Å². The Hall–Kier alpha value is -1.78. The zero-order valence-corrected chi connectivity index (χ0v) is 8.04. The number of aromatic amines is 1. The van der Waals surface area contributed by atoms with Gasteiger partial charge in [0.15, 0.2) is 0 Å². The SMILES string of the molecule is C=CCNc1cn(CC)c(=O)[nH]c1=O. The molecule has 0 saturated heterocycles. The summed E-state index contributed by atoms with van der Waals surface area (Å²) in [4.78, 5) is 24.6. The van der Waals surface area contributed by atoms with Crippen LogP contribution in [0.25, 0.3) is 0 Å². The molecule has 0 bridgehead atoms. The molecule has 1 aromatic rings. The average Bonchev–Trinajstić information content (AvgIpc) is 2.17. The first-order valence-electron chi connectivity index (χ1n) is 4.37. The van der Waals surface area contributed by atoms with Gasteiger partial charge in [-0.3, -0.25) is 14.3 Å². The summed E-state index contributed by atoms with van der Waals surface area (Å²) in [6.45, 7) is 6.37. The Morgan fingerprint density at radius 2 is 2.36 bits per heavy atom. The number of aromatic nitrogens is 2. The summed E-state index contributed by atoms with van der Waals surface area (Å²) in [7, 11) is 0. The van der Waals surface area contributed by atoms with Gasteiger partial charge < -0.3 is 5.32 Å². The topological polar surface area (TPSA) is 66.9 Å². The minimum Gasteiger partial charge on any atom is -0.376 e. The minimum absolute atomic E-state index is 0.381. The van der Waals surface area contributed by atoms with Gasteiger partial charge in [0, 0.05) is 19.3 Å². The van der Waals surface area contributed by atoms with E-state index in [2.05, 4.69) is 16.9 Å². The van der Waals surface area contributed by atoms with Crippen molar-refractivity contribution in [1.29, 1.82) is 0 Å². The molecule has 5 nitrogen and oxygen atoms in total. The lowest BCUT2D eigenvalue weighted by Crippen LogP contribution is -2.30. The molecule has 1 rings (SSSR count). The lowest BCUT2D eigenvalue weighted by atomic mass is 10.4. The highest BCUT2D eigenvalue weighted by molar-refractivity contribution is 5.38. The van der Waals surface area contributed by atoms with E-state index in [9.17, 15) is 9.59 Å². The molecule has 0 saturated carbocycles. The van der Waals surface area contributed by atoms with Gasteiger partial charge in [-0.25, -0.2) is 4.79 Å². The Morgan fingerprint density at radius 3 is 2.93 bits per heavy atom. The van der Waals surface area contributed by atoms with Crippen molar-refractivity contribution in [2.24, 2.45) is 0 Å². The third-order valence-electron chi connectivity index (χ3n) is 1.79. The standard InChI is InChI=1S/C9H13N3O2/c1-3-5-10-7-6-12(4-2)9(14)11-8(7)13/h3,6,10H,1,4-5H2,2H3,(H,11,13,14). The van der Waals surface area contributed by atoms with Gasteiger partial charge in [0.25, 0.3) is 5.56 Å². The molecule has 1 aromatic heterocycles. The van der Waals surface area contributed by atoms with Crippen LogP contribution < -0.4 is 16.6 Å². The molecule has 0 amide bonds. The Kier molecular flexibility index (Phi) is 3.28. The summed E-state index contributed by atoms with van der Waals surface area (Å²) >= 11 is 0. The molecule has 2 N–H and O–H groups in total. The van der Waals surface area contributed by atoms with Crippen molar-refractivity contribution in [2.45, 2.75) is 13.5 Å². The van der Waals surface area contributed by atoms with Crippen LogP contribution in [0.4, 0.5) is 5.69 Å². The summed E-state index contributed by atoms with van der Waals surface area (Å²) in [6.07, 6.45) is 3.14. The maximum Gasteiger partial charge on any atom is 0.328 e. The first kappa shape index (κ1) is 10.3. The van der Waals surface area contributed by atoms with Crippen LogP contribution in [0, 0.1) is 0 Å². The van der Waals surface area contributed by atoms with E-state index < -0.39 is 5.56 Å². The Labute approximate surface area is 81.1 Å². The molecule has 0 fully saturated rings. The second-order valence-corrected chi connectivity index (χ2v) is 2.76. The summed E-state index contributed by atoms with van der Waals surface area (Å²) in [5, 5.41) is 2.84. The van der Waals surface area contributed by atoms with E-state index in [4.69, 9.17) is 0 Å². The van der Waals surface area contributed by atoms with Crippen LogP contribution in [0.2, 0.25) is 0 Å². The molecule has 0 aromatic carbocycles. The van der Waals surface area contributed by atoms with E-state index in [0.717, 1.165) is 0 Å². The Bertz CT molecular complexity index is 430. The normalized spacial score (nSPS) is 9.79. The zero-order chi connectivity index (χ0) is 10.6. The van der Waals surface area contributed by atoms with E-state index in [1.807, 2.05) is 6.92 Å². The van der Waals surface area contributed by atoms with E-state index >= 15 is 0 Å². The summed E-state index contributed by atoms with van der Waals surface area (Å²) in [5.41, 5.74) is -0.408. The monoisotopic (exact) mass is 195 g/mol. The van der Waals surface area contributed by atoms with Crippen LogP contribution in [0.3, 0.4) is 0 Å². The molecule has 0 aliphatic heterocycles. The molecule has 0 atom stereocenters. The van der Waals surface area contributed by atoms with Gasteiger partial charge in [-0.05, 0) is 6.92 Å². The molecule has 0 aliphatic rings. The minimum atomic E-state index is -0.401. The van der Waals surface area contributed by atoms with Gasteiger partial charge in [0.05, 0.1) is 0 Å². The van der Waals surface area contributed by atoms with Gasteiger partial charge in [-0.15, -0.1) is 6.58 Å². The van der Waals surface area contributed by atoms with E-state index in [-0.39, 0.29) is 5.69 Å². The van der Waals surface area contributed by atoms with Gasteiger partial charge in [0.2, 0.25) is 0 Å². The fourth-order valence-corrected chi connectivity index (χ4v) is 1.05. The number of aryl methyl sites for hydroxylation is 1. The number of hydrogen-bond acceptors (Lipinski definition) is 3. The maximum absolute atomic E-state index is 11.2. The number of H-pyrrole nitrogens is 1. The van der Waals surface area contributed by atoms with Gasteiger partial charge in [0.1, 0.15) is 5.69 Å². The van der Waals surface area contributed by atoms with Crippen molar-refractivity contribution in [3.8, 4) is 0 Å². The molecule has 76 valence electrons. The third kappa shape index (κ3) is 2.12. The van der Waals surface area contributed by atoms with Crippen LogP contribution >= 0.6 is 0 Å². The van der Waals surface area contributed by atoms with Crippen LogP contribution in [-0.4, -0.2) is 16.1 Å². The predicted octanol–water partition coefficient (Wildman–Crippen LogP) is 0.154. The van der Waals surface area contributed by atoms with E-state index in [1.54, 1.807) is 6.08 Å². The number of rotatable bonds is 4. The van der Waals surface area contributed by atoms with Gasteiger partial charge >= 0.3 is 5.69 Å². The molecule has 0 unspecified atom stereocenters. The first-order chi connectivity index (χ1) is 6.69. The summed E-state index contributed by atoms with van der Waals surface area (Å²) < 4.78 is 1.42. The van der Waals surface area contributed by atoms with Crippen LogP contribution in [-0.2, 0) is 6.54 Å². The zero-order valence-electron chi connectivity index (χ0n) is 8.04. The second-order valence-electron chi connectivity index (χ2n) is 2.76. The average molecular weight is 195 g/mol. The van der Waals surface area contributed by atoms with Crippen molar-refractivity contribution in [1.82, 2.24) is 9.55 Å². The fourth-order valence-electron chi connectivity index (χ4n) is 1.05. The Morgan fingerprint density at radius 1 is 1.64 bits per heavy atom. The fraction of sp³-hybridized carbons (Fsp3) is 0.333. The molecule has 14 heavy (non-hydrogen) atoms. The highest BCUT2D eigenvalue weighted by Crippen LogP contribution is 1.93. The summed E-state index contributed by atoms with van der Waals surface area (Å²) in [5.74, 6) is 0. The maximum atomic E-state index is 11.2. The lowest BCUT2D eigenvalue weighted by molar-refractivity contribution is 0.695. The van der Waals surface area contributed by atoms with E-state index in [0.29, 0.717) is 18.8 Å². The van der Waals surface area contributed by atoms with Gasteiger partial charge in [-0.2, -0.15) is 0 Å². The third-order valence-corrected chi connectivity index (χ3v) is 1.79. The number of hydrogen-bond donors (Lipinski definition) is 2. The predicted molar refractivity (Wildman–Crippen MR) is 55.7 cm³/mol. The molecule has 0 aliphatic carbocycles. The molecule has 1 heterocycles. The van der Waals surface area contributed by atoms with Crippen LogP contribution in [0.5, 0.6) is 0 Å². The number of anilines is 1. The van der Waals surface area contributed by atoms with Crippen molar-refractivity contribution < 1.29 is 0 Å². The van der Waals surface area contributed by atoms with Crippen LogP contribution in [0.1, 0.15) is 6.92 Å². The molecule has 0 spiro atoms. The second kappa shape index (κ2) is 4.45. The van der Waals surface area contributed by atoms with E-state index in [1.165, 1.54) is 10.8 Å². The largest absolute Gasteiger partial charge is 0.376 e. The Balaban J connectivity index is 3.11. The quantitative estimate of drug-likeness (QED) is 0.672. The molecular formula is C9H13N3O2. The number of nitrogens with one attached hydrogen (secondary N) is 2. The summed E-state index contributed by atoms with van der Waals surface area (Å²) in [6, 6.07) is 0. The molecule has 0 radical (unpaired) electrons. The highest BCUT2D eigenvalue weighted by Gasteiger charge is 2.01. The first-order valence-corrected chi connectivity index (χ1v) is 4.37. The van der Waals surface area contributed by atoms with Crippen molar-refractivity contribution in [3.05, 3.63) is 39.7 Å². The van der Waals surface area contributed by atoms with Crippen LogP contribution in [0.15, 0.2) is 28.4 Å². The lowest BCUT2D eigenvalue weighted by Gasteiger charge is -2.05. The highest BCUT2D eigenvalue weighted by atomic mass is 16.2. The number of nitrogens with zero attached hydrogens (tertiary/aromatic N) is 1. The van der Waals surface area contributed by atoms with Crippen molar-refractivity contribution >= 4 is 5.69 Å². The van der Waals surface area contributed by atoms with Crippen molar-refractivity contribution in [3.63, 3.8) is 0 Å². The molecule has 5 heteroatoms. The smallest absolute Gasteiger partial charge is 0.328 e. The van der Waals surface area contributed by atoms with Gasteiger partial charge in [-0.1, -0.05) is 6.08 Å². The molecular weight excluding hydrogens is 182 g/mol.